The second-order valence-corrected chi connectivity index (χ2v) is 7.70. The molecule has 0 aliphatic rings. The predicted molar refractivity (Wildman–Crippen MR) is 99.7 cm³/mol. The third kappa shape index (κ3) is 5.05. The van der Waals surface area contributed by atoms with Gasteiger partial charge in [0.25, 0.3) is 0 Å². The maximum Gasteiger partial charge on any atom is 0.417 e. The molecule has 0 saturated carbocycles. The van der Waals surface area contributed by atoms with Gasteiger partial charge in [0.1, 0.15) is 0 Å². The quantitative estimate of drug-likeness (QED) is 0.555. The summed E-state index contributed by atoms with van der Waals surface area (Å²) in [6.07, 6.45) is 1.44. The lowest BCUT2D eigenvalue weighted by Gasteiger charge is -2.06. The largest absolute Gasteiger partial charge is 0.417 e. The van der Waals surface area contributed by atoms with Crippen LogP contribution in [-0.2, 0) is 27.7 Å². The van der Waals surface area contributed by atoms with E-state index in [4.69, 9.17) is 9.56 Å². The van der Waals surface area contributed by atoms with Crippen LogP contribution >= 0.6 is 0 Å². The van der Waals surface area contributed by atoms with Crippen LogP contribution in [0.15, 0.2) is 56.6 Å². The molecule has 1 heterocycles. The van der Waals surface area contributed by atoms with E-state index in [2.05, 4.69) is 10.3 Å². The fourth-order valence-corrected chi connectivity index (χ4v) is 3.21. The Morgan fingerprint density at radius 3 is 2.48 bits per heavy atom. The van der Waals surface area contributed by atoms with Crippen molar-refractivity contribution in [1.29, 1.82) is 0 Å². The van der Waals surface area contributed by atoms with E-state index in [9.17, 15) is 18.0 Å². The number of carbonyl (C=O) groups is 1. The summed E-state index contributed by atoms with van der Waals surface area (Å²) in [5.41, 5.74) is 2.92. The molecule has 9 heteroatoms. The van der Waals surface area contributed by atoms with Crippen molar-refractivity contribution < 1.29 is 17.6 Å². The van der Waals surface area contributed by atoms with E-state index in [1.54, 1.807) is 24.3 Å². The number of oxazole rings is 1. The Bertz CT molecular complexity index is 1110. The molecule has 0 spiro atoms. The number of benzene rings is 2. The van der Waals surface area contributed by atoms with Gasteiger partial charge in [0.05, 0.1) is 10.4 Å². The third-order valence-electron chi connectivity index (χ3n) is 4.11. The molecular weight excluding hydrogens is 370 g/mol. The lowest BCUT2D eigenvalue weighted by Crippen LogP contribution is -2.25. The van der Waals surface area contributed by atoms with Crippen molar-refractivity contribution in [2.45, 2.75) is 24.2 Å². The van der Waals surface area contributed by atoms with Crippen LogP contribution in [-0.4, -0.2) is 25.9 Å². The second-order valence-electron chi connectivity index (χ2n) is 6.13. The van der Waals surface area contributed by atoms with Crippen molar-refractivity contribution in [3.63, 3.8) is 0 Å². The van der Waals surface area contributed by atoms with Gasteiger partial charge in [0, 0.05) is 13.0 Å². The van der Waals surface area contributed by atoms with Gasteiger partial charge in [-0.05, 0) is 48.2 Å². The highest BCUT2D eigenvalue weighted by molar-refractivity contribution is 7.89. The number of carbonyl (C=O) groups excluding carboxylic acids is 1. The Balaban J connectivity index is 1.45. The standard InChI is InChI=1S/C18H19N3O5S/c19-27(24,25)14-5-1-12(2-6-14)9-10-20-17(22)8-4-13-3-7-16-15(11-13)21-18(23)26-16/h1-3,5-7,11H,4,8-10H2,(H,20,22)(H,21,23)(H2,19,24,25). The van der Waals surface area contributed by atoms with E-state index in [1.165, 1.54) is 12.1 Å². The first-order valence-corrected chi connectivity index (χ1v) is 9.86. The van der Waals surface area contributed by atoms with Crippen LogP contribution in [0.25, 0.3) is 11.1 Å². The zero-order valence-corrected chi connectivity index (χ0v) is 15.2. The van der Waals surface area contributed by atoms with E-state index >= 15 is 0 Å². The molecule has 3 aromatic rings. The highest BCUT2D eigenvalue weighted by Gasteiger charge is 2.08. The van der Waals surface area contributed by atoms with Crippen LogP contribution in [0.4, 0.5) is 0 Å². The molecule has 8 nitrogen and oxygen atoms in total. The van der Waals surface area contributed by atoms with Gasteiger partial charge in [-0.1, -0.05) is 18.2 Å². The van der Waals surface area contributed by atoms with Crippen LogP contribution in [0.1, 0.15) is 17.5 Å². The number of fused-ring (bicyclic) bond motifs is 1. The number of primary sulfonamides is 1. The third-order valence-corrected chi connectivity index (χ3v) is 5.04. The number of hydrogen-bond acceptors (Lipinski definition) is 5. The predicted octanol–water partition coefficient (Wildman–Crippen LogP) is 1.06. The van der Waals surface area contributed by atoms with E-state index in [1.807, 2.05) is 6.07 Å². The number of rotatable bonds is 7. The maximum absolute atomic E-state index is 12.0. The molecule has 0 radical (unpaired) electrons. The minimum atomic E-state index is -3.69. The first-order valence-electron chi connectivity index (χ1n) is 8.31. The molecule has 0 bridgehead atoms. The average Bonchev–Trinajstić information content (AvgIpc) is 2.99. The van der Waals surface area contributed by atoms with Crippen LogP contribution in [0.3, 0.4) is 0 Å². The van der Waals surface area contributed by atoms with Crippen LogP contribution in [0.5, 0.6) is 0 Å². The summed E-state index contributed by atoms with van der Waals surface area (Å²) >= 11 is 0. The molecule has 2 aromatic carbocycles. The molecule has 0 atom stereocenters. The minimum Gasteiger partial charge on any atom is -0.408 e. The van der Waals surface area contributed by atoms with Crippen LogP contribution < -0.4 is 16.2 Å². The normalized spacial score (nSPS) is 11.6. The average molecular weight is 389 g/mol. The number of aromatic amines is 1. The van der Waals surface area contributed by atoms with Gasteiger partial charge < -0.3 is 9.73 Å². The molecule has 0 unspecified atom stereocenters. The Labute approximate surface area is 155 Å². The molecule has 1 aromatic heterocycles. The Hall–Kier alpha value is -2.91. The van der Waals surface area contributed by atoms with E-state index in [0.29, 0.717) is 36.9 Å². The van der Waals surface area contributed by atoms with Gasteiger partial charge in [-0.15, -0.1) is 0 Å². The summed E-state index contributed by atoms with van der Waals surface area (Å²) in [4.78, 5) is 25.8. The van der Waals surface area contributed by atoms with Crippen molar-refractivity contribution in [2.75, 3.05) is 6.54 Å². The SMILES string of the molecule is NS(=O)(=O)c1ccc(CCNC(=O)CCc2ccc3oc(=O)[nH]c3c2)cc1. The first kappa shape index (κ1) is 18.9. The summed E-state index contributed by atoms with van der Waals surface area (Å²) in [6.45, 7) is 0.446. The lowest BCUT2D eigenvalue weighted by atomic mass is 10.1. The van der Waals surface area contributed by atoms with E-state index < -0.39 is 15.8 Å². The van der Waals surface area contributed by atoms with Crippen molar-refractivity contribution in [2.24, 2.45) is 5.14 Å². The minimum absolute atomic E-state index is 0.0613. The Morgan fingerprint density at radius 2 is 1.78 bits per heavy atom. The zero-order chi connectivity index (χ0) is 19.4. The first-order chi connectivity index (χ1) is 12.8. The van der Waals surface area contributed by atoms with Crippen LogP contribution in [0.2, 0.25) is 0 Å². The molecule has 4 N–H and O–H groups in total. The summed E-state index contributed by atoms with van der Waals surface area (Å²) < 4.78 is 27.4. The number of amides is 1. The molecule has 3 rings (SSSR count). The van der Waals surface area contributed by atoms with Crippen molar-refractivity contribution >= 4 is 27.0 Å². The monoisotopic (exact) mass is 389 g/mol. The van der Waals surface area contributed by atoms with Gasteiger partial charge in [-0.2, -0.15) is 0 Å². The Kier molecular flexibility index (Phi) is 5.43. The fraction of sp³-hybridized carbons (Fsp3) is 0.222. The molecule has 0 saturated heterocycles. The fourth-order valence-electron chi connectivity index (χ4n) is 2.69. The summed E-state index contributed by atoms with van der Waals surface area (Å²) in [7, 11) is -3.69. The molecule has 0 aliphatic heterocycles. The number of aromatic nitrogens is 1. The highest BCUT2D eigenvalue weighted by atomic mass is 32.2. The Morgan fingerprint density at radius 1 is 1.07 bits per heavy atom. The summed E-state index contributed by atoms with van der Waals surface area (Å²) in [6, 6.07) is 11.6. The highest BCUT2D eigenvalue weighted by Crippen LogP contribution is 2.13. The lowest BCUT2D eigenvalue weighted by molar-refractivity contribution is -0.121. The molecule has 1 amide bonds. The molecular formula is C18H19N3O5S. The van der Waals surface area contributed by atoms with Gasteiger partial charge >= 0.3 is 5.76 Å². The zero-order valence-electron chi connectivity index (χ0n) is 14.4. The second kappa shape index (κ2) is 7.77. The van der Waals surface area contributed by atoms with Crippen molar-refractivity contribution in [3.05, 3.63) is 64.1 Å². The number of nitrogens with two attached hydrogens (primary N) is 1. The van der Waals surface area contributed by atoms with Crippen molar-refractivity contribution in [3.8, 4) is 0 Å². The van der Waals surface area contributed by atoms with Gasteiger partial charge in [-0.25, -0.2) is 18.4 Å². The topological polar surface area (TPSA) is 135 Å². The smallest absolute Gasteiger partial charge is 0.408 e. The number of H-pyrrole nitrogens is 1. The molecule has 0 fully saturated rings. The van der Waals surface area contributed by atoms with Gasteiger partial charge in [0.15, 0.2) is 5.58 Å². The molecule has 142 valence electrons. The van der Waals surface area contributed by atoms with E-state index in [-0.39, 0.29) is 10.8 Å². The van der Waals surface area contributed by atoms with Crippen LogP contribution in [0, 0.1) is 0 Å². The van der Waals surface area contributed by atoms with E-state index in [0.717, 1.165) is 11.1 Å². The van der Waals surface area contributed by atoms with Crippen molar-refractivity contribution in [1.82, 2.24) is 10.3 Å². The van der Waals surface area contributed by atoms with Gasteiger partial charge in [-0.3, -0.25) is 9.78 Å². The number of nitrogens with one attached hydrogen (secondary N) is 2. The maximum atomic E-state index is 12.0. The summed E-state index contributed by atoms with van der Waals surface area (Å²) in [5, 5.41) is 7.88. The number of hydrogen-bond donors (Lipinski definition) is 3. The number of sulfonamides is 1. The molecule has 27 heavy (non-hydrogen) atoms. The summed E-state index contributed by atoms with van der Waals surface area (Å²) in [5.74, 6) is -0.589. The number of aryl methyl sites for hydroxylation is 1. The molecule has 0 aliphatic carbocycles. The van der Waals surface area contributed by atoms with Gasteiger partial charge in [0.2, 0.25) is 15.9 Å².